The minimum absolute atomic E-state index is 0.0394. The summed E-state index contributed by atoms with van der Waals surface area (Å²) in [5, 5.41) is 9.32. The highest BCUT2D eigenvalue weighted by Crippen LogP contribution is 2.25. The van der Waals surface area contributed by atoms with Crippen LogP contribution >= 0.6 is 0 Å². The number of nitrogens with zero attached hydrogens (tertiary/aromatic N) is 2. The zero-order valence-electron chi connectivity index (χ0n) is 13.5. The Morgan fingerprint density at radius 3 is 2.29 bits per heavy atom. The molecule has 1 saturated heterocycles. The van der Waals surface area contributed by atoms with Gasteiger partial charge >= 0.3 is 5.97 Å². The van der Waals surface area contributed by atoms with Crippen LogP contribution < -0.4 is 0 Å². The van der Waals surface area contributed by atoms with E-state index in [9.17, 15) is 9.90 Å². The molecule has 21 heavy (non-hydrogen) atoms. The van der Waals surface area contributed by atoms with Crippen molar-refractivity contribution in [2.45, 2.75) is 32.7 Å². The van der Waals surface area contributed by atoms with E-state index < -0.39 is 5.97 Å². The molecule has 0 saturated carbocycles. The van der Waals surface area contributed by atoms with Gasteiger partial charge in [0.25, 0.3) is 0 Å². The molecule has 1 heterocycles. The number of carboxylic acids is 1. The van der Waals surface area contributed by atoms with Crippen LogP contribution in [0.15, 0.2) is 18.2 Å². The van der Waals surface area contributed by atoms with Gasteiger partial charge in [-0.1, -0.05) is 26.8 Å². The molecule has 1 N–H and O–H groups in total. The van der Waals surface area contributed by atoms with E-state index in [1.165, 1.54) is 0 Å². The third kappa shape index (κ3) is 4.29. The maximum Gasteiger partial charge on any atom is 0.335 e. The van der Waals surface area contributed by atoms with Gasteiger partial charge in [0.05, 0.1) is 5.56 Å². The summed E-state index contributed by atoms with van der Waals surface area (Å²) in [6.07, 6.45) is 0. The Labute approximate surface area is 127 Å². The van der Waals surface area contributed by atoms with Crippen LogP contribution in [0.25, 0.3) is 0 Å². The van der Waals surface area contributed by atoms with Gasteiger partial charge in [0, 0.05) is 32.7 Å². The fraction of sp³-hybridized carbons (Fsp3) is 0.588. The lowest BCUT2D eigenvalue weighted by Crippen LogP contribution is -2.43. The molecular weight excluding hydrogens is 264 g/mol. The molecule has 1 aliphatic rings. The van der Waals surface area contributed by atoms with Gasteiger partial charge in [-0.3, -0.25) is 4.90 Å². The van der Waals surface area contributed by atoms with Crippen molar-refractivity contribution >= 4 is 5.97 Å². The molecule has 4 nitrogen and oxygen atoms in total. The summed E-state index contributed by atoms with van der Waals surface area (Å²) >= 11 is 0. The van der Waals surface area contributed by atoms with Crippen LogP contribution in [0.3, 0.4) is 0 Å². The molecule has 0 aliphatic carbocycles. The van der Waals surface area contributed by atoms with E-state index in [0.717, 1.165) is 43.9 Å². The summed E-state index contributed by atoms with van der Waals surface area (Å²) in [6, 6.07) is 5.77. The van der Waals surface area contributed by atoms with Crippen molar-refractivity contribution in [3.05, 3.63) is 34.9 Å². The second-order valence-electron chi connectivity index (χ2n) is 7.05. The molecule has 116 valence electrons. The van der Waals surface area contributed by atoms with Gasteiger partial charge < -0.3 is 10.0 Å². The summed E-state index contributed by atoms with van der Waals surface area (Å²) in [5.41, 5.74) is 2.55. The largest absolute Gasteiger partial charge is 0.478 e. The summed E-state index contributed by atoms with van der Waals surface area (Å²) in [7, 11) is 2.14. The van der Waals surface area contributed by atoms with Crippen LogP contribution in [-0.4, -0.2) is 54.1 Å². The van der Waals surface area contributed by atoms with Gasteiger partial charge in [0.2, 0.25) is 0 Å². The van der Waals surface area contributed by atoms with Crippen LogP contribution in [0.2, 0.25) is 0 Å². The number of hydrogen-bond donors (Lipinski definition) is 1. The maximum absolute atomic E-state index is 11.3. The lowest BCUT2D eigenvalue weighted by molar-refractivity contribution is 0.0696. The molecule has 2 rings (SSSR count). The van der Waals surface area contributed by atoms with Crippen LogP contribution in [-0.2, 0) is 12.0 Å². The number of rotatable bonds is 3. The predicted octanol–water partition coefficient (Wildman–Crippen LogP) is 2.43. The molecule has 0 amide bonds. The van der Waals surface area contributed by atoms with E-state index in [4.69, 9.17) is 0 Å². The molecule has 4 heteroatoms. The maximum atomic E-state index is 11.3. The van der Waals surface area contributed by atoms with E-state index in [2.05, 4.69) is 43.7 Å². The highest BCUT2D eigenvalue weighted by molar-refractivity contribution is 5.88. The summed E-state index contributed by atoms with van der Waals surface area (Å²) < 4.78 is 0. The highest BCUT2D eigenvalue weighted by Gasteiger charge is 2.19. The molecule has 1 aromatic rings. The molecule has 0 unspecified atom stereocenters. The Hall–Kier alpha value is -1.39. The van der Waals surface area contributed by atoms with Crippen LogP contribution in [0, 0.1) is 0 Å². The van der Waals surface area contributed by atoms with Crippen molar-refractivity contribution in [3.8, 4) is 0 Å². The van der Waals surface area contributed by atoms with Gasteiger partial charge in [-0.25, -0.2) is 4.79 Å². The van der Waals surface area contributed by atoms with Gasteiger partial charge in [-0.05, 0) is 35.7 Å². The number of carbonyl (C=O) groups is 1. The Bertz CT molecular complexity index is 512. The predicted molar refractivity (Wildman–Crippen MR) is 84.9 cm³/mol. The van der Waals surface area contributed by atoms with E-state index in [0.29, 0.717) is 5.56 Å². The topological polar surface area (TPSA) is 43.8 Å². The van der Waals surface area contributed by atoms with Gasteiger partial charge in [-0.2, -0.15) is 0 Å². The molecule has 1 aliphatic heterocycles. The Morgan fingerprint density at radius 1 is 1.14 bits per heavy atom. The lowest BCUT2D eigenvalue weighted by Gasteiger charge is -2.32. The summed E-state index contributed by atoms with van der Waals surface area (Å²) in [5.74, 6) is -0.847. The number of likely N-dealkylation sites (N-methyl/N-ethyl adjacent to an activating group) is 1. The Balaban J connectivity index is 2.22. The van der Waals surface area contributed by atoms with Crippen molar-refractivity contribution in [3.63, 3.8) is 0 Å². The van der Waals surface area contributed by atoms with Crippen molar-refractivity contribution in [1.29, 1.82) is 0 Å². The average Bonchev–Trinajstić information content (AvgIpc) is 2.40. The molecule has 0 aromatic heterocycles. The highest BCUT2D eigenvalue weighted by atomic mass is 16.4. The van der Waals surface area contributed by atoms with Crippen molar-refractivity contribution in [2.24, 2.45) is 0 Å². The lowest BCUT2D eigenvalue weighted by atomic mass is 9.85. The van der Waals surface area contributed by atoms with Crippen LogP contribution in [0.5, 0.6) is 0 Å². The third-order valence-electron chi connectivity index (χ3n) is 4.11. The first-order valence-corrected chi connectivity index (χ1v) is 7.54. The molecule has 0 spiro atoms. The van der Waals surface area contributed by atoms with Crippen molar-refractivity contribution < 1.29 is 9.90 Å². The molecule has 1 aromatic carbocycles. The minimum atomic E-state index is -0.847. The first-order valence-electron chi connectivity index (χ1n) is 7.54. The second kappa shape index (κ2) is 6.16. The molecule has 1 fully saturated rings. The van der Waals surface area contributed by atoms with Gasteiger partial charge in [0.15, 0.2) is 0 Å². The van der Waals surface area contributed by atoms with Crippen molar-refractivity contribution in [2.75, 3.05) is 33.2 Å². The van der Waals surface area contributed by atoms with Crippen LogP contribution in [0.4, 0.5) is 0 Å². The standard InChI is InChI=1S/C17H26N2O2/c1-17(2,3)15-10-13(9-14(11-15)16(20)21)12-19-7-5-18(4)6-8-19/h9-11H,5-8,12H2,1-4H3,(H,20,21). The number of benzene rings is 1. The SMILES string of the molecule is CN1CCN(Cc2cc(C(=O)O)cc(C(C)(C)C)c2)CC1. The monoisotopic (exact) mass is 290 g/mol. The fourth-order valence-corrected chi connectivity index (χ4v) is 2.60. The molecule has 0 radical (unpaired) electrons. The first-order chi connectivity index (χ1) is 9.75. The number of hydrogen-bond acceptors (Lipinski definition) is 3. The summed E-state index contributed by atoms with van der Waals surface area (Å²) in [6.45, 7) is 11.4. The number of aromatic carboxylic acids is 1. The first kappa shape index (κ1) is 16.0. The van der Waals surface area contributed by atoms with Crippen LogP contribution in [0.1, 0.15) is 42.3 Å². The van der Waals surface area contributed by atoms with Gasteiger partial charge in [-0.15, -0.1) is 0 Å². The molecule has 0 atom stereocenters. The zero-order valence-corrected chi connectivity index (χ0v) is 13.5. The molecular formula is C17H26N2O2. The Kier molecular flexibility index (Phi) is 4.69. The third-order valence-corrected chi connectivity index (χ3v) is 4.11. The van der Waals surface area contributed by atoms with Crippen molar-refractivity contribution in [1.82, 2.24) is 9.80 Å². The van der Waals surface area contributed by atoms with Gasteiger partial charge in [0.1, 0.15) is 0 Å². The zero-order chi connectivity index (χ0) is 15.6. The smallest absolute Gasteiger partial charge is 0.335 e. The fourth-order valence-electron chi connectivity index (χ4n) is 2.60. The molecule has 0 bridgehead atoms. The quantitative estimate of drug-likeness (QED) is 0.928. The van der Waals surface area contributed by atoms with E-state index >= 15 is 0 Å². The number of piperazine rings is 1. The summed E-state index contributed by atoms with van der Waals surface area (Å²) in [4.78, 5) is 16.1. The van der Waals surface area contributed by atoms with E-state index in [1.807, 2.05) is 6.07 Å². The normalized spacial score (nSPS) is 17.9. The Morgan fingerprint density at radius 2 is 1.76 bits per heavy atom. The number of carboxylic acid groups (broad SMARTS) is 1. The minimum Gasteiger partial charge on any atom is -0.478 e. The van der Waals surface area contributed by atoms with E-state index in [-0.39, 0.29) is 5.41 Å². The second-order valence-corrected chi connectivity index (χ2v) is 7.05. The average molecular weight is 290 g/mol. The van der Waals surface area contributed by atoms with E-state index in [1.54, 1.807) is 6.07 Å².